The molecule has 0 fully saturated rings. The SMILES string of the molecule is CCCOc1ccc(/C=C/C(=O)Oc2ccc([N+](=O)[O-])cc2)cc1OC. The van der Waals surface area contributed by atoms with Crippen molar-refractivity contribution in [1.29, 1.82) is 0 Å². The van der Waals surface area contributed by atoms with E-state index in [1.165, 1.54) is 30.3 Å². The Morgan fingerprint density at radius 3 is 2.50 bits per heavy atom. The minimum atomic E-state index is -0.593. The summed E-state index contributed by atoms with van der Waals surface area (Å²) in [6.45, 7) is 2.60. The molecule has 0 aromatic heterocycles. The van der Waals surface area contributed by atoms with Gasteiger partial charge in [-0.05, 0) is 42.3 Å². The van der Waals surface area contributed by atoms with Crippen LogP contribution in [-0.2, 0) is 4.79 Å². The lowest BCUT2D eigenvalue weighted by Crippen LogP contribution is -2.03. The second-order valence-electron chi connectivity index (χ2n) is 5.26. The summed E-state index contributed by atoms with van der Waals surface area (Å²) >= 11 is 0. The molecule has 0 unspecified atom stereocenters. The number of non-ortho nitro benzene ring substituents is 1. The van der Waals surface area contributed by atoms with E-state index in [0.717, 1.165) is 12.0 Å². The summed E-state index contributed by atoms with van der Waals surface area (Å²) in [6, 6.07) is 10.6. The van der Waals surface area contributed by atoms with Crippen LogP contribution < -0.4 is 14.2 Å². The van der Waals surface area contributed by atoms with Crippen LogP contribution in [0.4, 0.5) is 5.69 Å². The lowest BCUT2D eigenvalue weighted by molar-refractivity contribution is -0.384. The maximum Gasteiger partial charge on any atom is 0.336 e. The zero-order chi connectivity index (χ0) is 18.9. The molecule has 0 amide bonds. The van der Waals surface area contributed by atoms with Crippen molar-refractivity contribution in [2.75, 3.05) is 13.7 Å². The zero-order valence-electron chi connectivity index (χ0n) is 14.5. The fourth-order valence-corrected chi connectivity index (χ4v) is 2.07. The molecule has 0 saturated carbocycles. The van der Waals surface area contributed by atoms with Gasteiger partial charge in [0, 0.05) is 18.2 Å². The first-order chi connectivity index (χ1) is 12.5. The molecular formula is C19H19NO6. The Kier molecular flexibility index (Phi) is 6.73. The predicted molar refractivity (Wildman–Crippen MR) is 96.5 cm³/mol. The standard InChI is InChI=1S/C19H19NO6/c1-3-12-25-17-10-4-14(13-18(17)24-2)5-11-19(21)26-16-8-6-15(7-9-16)20(22)23/h4-11,13H,3,12H2,1-2H3/b11-5+. The second-order valence-corrected chi connectivity index (χ2v) is 5.26. The van der Waals surface area contributed by atoms with Gasteiger partial charge in [-0.1, -0.05) is 13.0 Å². The van der Waals surface area contributed by atoms with Crippen LogP contribution in [0.25, 0.3) is 6.08 Å². The van der Waals surface area contributed by atoms with Gasteiger partial charge in [-0.25, -0.2) is 4.79 Å². The summed E-state index contributed by atoms with van der Waals surface area (Å²) in [5.41, 5.74) is 0.671. The molecule has 136 valence electrons. The molecule has 0 atom stereocenters. The third kappa shape index (κ3) is 5.34. The molecule has 2 rings (SSSR count). The topological polar surface area (TPSA) is 87.9 Å². The highest BCUT2D eigenvalue weighted by atomic mass is 16.6. The zero-order valence-corrected chi connectivity index (χ0v) is 14.5. The number of nitro benzene ring substituents is 1. The molecule has 0 bridgehead atoms. The normalized spacial score (nSPS) is 10.5. The molecule has 0 N–H and O–H groups in total. The smallest absolute Gasteiger partial charge is 0.336 e. The van der Waals surface area contributed by atoms with Gasteiger partial charge in [0.1, 0.15) is 5.75 Å². The van der Waals surface area contributed by atoms with E-state index in [9.17, 15) is 14.9 Å². The van der Waals surface area contributed by atoms with Gasteiger partial charge in [0.25, 0.3) is 5.69 Å². The number of methoxy groups -OCH3 is 1. The van der Waals surface area contributed by atoms with Crippen molar-refractivity contribution >= 4 is 17.7 Å². The van der Waals surface area contributed by atoms with Crippen LogP contribution in [0.15, 0.2) is 48.5 Å². The number of nitro groups is 1. The first-order valence-electron chi connectivity index (χ1n) is 7.98. The molecule has 0 saturated heterocycles. The number of hydrogen-bond donors (Lipinski definition) is 0. The summed E-state index contributed by atoms with van der Waals surface area (Å²) in [4.78, 5) is 21.9. The largest absolute Gasteiger partial charge is 0.493 e. The molecule has 2 aromatic carbocycles. The Labute approximate surface area is 151 Å². The first kappa shape index (κ1) is 19.0. The van der Waals surface area contributed by atoms with Crippen molar-refractivity contribution in [2.45, 2.75) is 13.3 Å². The maximum absolute atomic E-state index is 11.9. The number of benzene rings is 2. The number of nitrogens with zero attached hydrogens (tertiary/aromatic N) is 1. The molecule has 0 heterocycles. The van der Waals surface area contributed by atoms with E-state index < -0.39 is 10.9 Å². The van der Waals surface area contributed by atoms with Gasteiger partial charge in [-0.15, -0.1) is 0 Å². The van der Waals surface area contributed by atoms with E-state index in [-0.39, 0.29) is 11.4 Å². The van der Waals surface area contributed by atoms with Crippen LogP contribution in [-0.4, -0.2) is 24.6 Å². The average molecular weight is 357 g/mol. The highest BCUT2D eigenvalue weighted by Gasteiger charge is 2.07. The molecule has 0 aliphatic rings. The monoisotopic (exact) mass is 357 g/mol. The van der Waals surface area contributed by atoms with E-state index in [1.54, 1.807) is 31.4 Å². The van der Waals surface area contributed by atoms with Gasteiger partial charge < -0.3 is 14.2 Å². The fourth-order valence-electron chi connectivity index (χ4n) is 2.07. The van der Waals surface area contributed by atoms with Gasteiger partial charge in [0.15, 0.2) is 11.5 Å². The van der Waals surface area contributed by atoms with Gasteiger partial charge in [0.05, 0.1) is 18.6 Å². The highest BCUT2D eigenvalue weighted by molar-refractivity contribution is 5.88. The molecule has 0 aliphatic heterocycles. The molecule has 7 nitrogen and oxygen atoms in total. The van der Waals surface area contributed by atoms with Crippen molar-refractivity contribution in [2.24, 2.45) is 0 Å². The van der Waals surface area contributed by atoms with Crippen LogP contribution >= 0.6 is 0 Å². The third-order valence-electron chi connectivity index (χ3n) is 3.33. The first-order valence-corrected chi connectivity index (χ1v) is 7.98. The minimum Gasteiger partial charge on any atom is -0.493 e. The fraction of sp³-hybridized carbons (Fsp3) is 0.211. The summed E-state index contributed by atoms with van der Waals surface area (Å²) in [7, 11) is 1.55. The van der Waals surface area contributed by atoms with Gasteiger partial charge in [0.2, 0.25) is 0 Å². The number of esters is 1. The number of rotatable bonds is 8. The van der Waals surface area contributed by atoms with Crippen LogP contribution in [0.3, 0.4) is 0 Å². The third-order valence-corrected chi connectivity index (χ3v) is 3.33. The lowest BCUT2D eigenvalue weighted by atomic mass is 10.2. The van der Waals surface area contributed by atoms with E-state index in [1.807, 2.05) is 6.92 Å². The Morgan fingerprint density at radius 1 is 1.15 bits per heavy atom. The van der Waals surface area contributed by atoms with Crippen LogP contribution in [0.5, 0.6) is 17.2 Å². The van der Waals surface area contributed by atoms with Crippen molar-refractivity contribution < 1.29 is 23.9 Å². The number of carbonyl (C=O) groups is 1. The lowest BCUT2D eigenvalue weighted by Gasteiger charge is -2.10. The summed E-state index contributed by atoms with van der Waals surface area (Å²) in [5.74, 6) is 0.847. The van der Waals surface area contributed by atoms with Crippen molar-refractivity contribution in [3.8, 4) is 17.2 Å². The Balaban J connectivity index is 2.01. The highest BCUT2D eigenvalue weighted by Crippen LogP contribution is 2.28. The summed E-state index contributed by atoms with van der Waals surface area (Å²) in [5, 5.41) is 10.6. The number of carbonyl (C=O) groups excluding carboxylic acids is 1. The van der Waals surface area contributed by atoms with E-state index in [4.69, 9.17) is 14.2 Å². The summed E-state index contributed by atoms with van der Waals surface area (Å²) in [6.07, 6.45) is 3.74. The Morgan fingerprint density at radius 2 is 1.88 bits per heavy atom. The molecule has 0 spiro atoms. The number of ether oxygens (including phenoxy) is 3. The van der Waals surface area contributed by atoms with Crippen molar-refractivity contribution in [3.63, 3.8) is 0 Å². The van der Waals surface area contributed by atoms with Crippen molar-refractivity contribution in [1.82, 2.24) is 0 Å². The van der Waals surface area contributed by atoms with Gasteiger partial charge in [-0.3, -0.25) is 10.1 Å². The summed E-state index contributed by atoms with van der Waals surface area (Å²) < 4.78 is 16.0. The van der Waals surface area contributed by atoms with E-state index in [2.05, 4.69) is 0 Å². The van der Waals surface area contributed by atoms with E-state index >= 15 is 0 Å². The quantitative estimate of drug-likeness (QED) is 0.233. The predicted octanol–water partition coefficient (Wildman–Crippen LogP) is 4.01. The maximum atomic E-state index is 11.9. The van der Waals surface area contributed by atoms with Gasteiger partial charge in [-0.2, -0.15) is 0 Å². The van der Waals surface area contributed by atoms with Crippen molar-refractivity contribution in [3.05, 3.63) is 64.2 Å². The van der Waals surface area contributed by atoms with Crippen LogP contribution in [0.2, 0.25) is 0 Å². The molecule has 0 aliphatic carbocycles. The second kappa shape index (κ2) is 9.22. The van der Waals surface area contributed by atoms with Crippen LogP contribution in [0.1, 0.15) is 18.9 Å². The molecular weight excluding hydrogens is 338 g/mol. The molecule has 26 heavy (non-hydrogen) atoms. The molecule has 2 aromatic rings. The van der Waals surface area contributed by atoms with E-state index in [0.29, 0.717) is 18.1 Å². The van der Waals surface area contributed by atoms with Gasteiger partial charge >= 0.3 is 5.97 Å². The average Bonchev–Trinajstić information content (AvgIpc) is 2.65. The number of hydrogen-bond acceptors (Lipinski definition) is 6. The molecule has 7 heteroatoms. The minimum absolute atomic E-state index is 0.0715. The van der Waals surface area contributed by atoms with Crippen LogP contribution in [0, 0.1) is 10.1 Å². The molecule has 0 radical (unpaired) electrons. The Bertz CT molecular complexity index is 798. The Hall–Kier alpha value is -3.35.